The van der Waals surface area contributed by atoms with Gasteiger partial charge in [0.05, 0.1) is 0 Å². The van der Waals surface area contributed by atoms with E-state index in [1.165, 1.54) is 36.2 Å². The number of nitrogens with one attached hydrogen (secondary N) is 1. The second kappa shape index (κ2) is 9.56. The Morgan fingerprint density at radius 2 is 1.77 bits per heavy atom. The normalized spacial score (nSPS) is 11.5. The van der Waals surface area contributed by atoms with Gasteiger partial charge in [-0.1, -0.05) is 30.3 Å². The first-order valence-electron chi connectivity index (χ1n) is 8.44. The second-order valence-electron chi connectivity index (χ2n) is 5.86. The molecule has 1 atom stereocenters. The number of likely N-dealkylation sites (N-methyl/N-ethyl adjacent to an activating group) is 1. The third kappa shape index (κ3) is 5.58. The van der Waals surface area contributed by atoms with Crippen LogP contribution in [0.5, 0.6) is 5.75 Å². The van der Waals surface area contributed by atoms with Gasteiger partial charge >= 0.3 is 0 Å². The van der Waals surface area contributed by atoms with Crippen molar-refractivity contribution in [1.82, 2.24) is 10.2 Å². The molecule has 1 unspecified atom stereocenters. The number of carbonyl (C=O) groups excluding carboxylic acids is 2. The maximum Gasteiger partial charge on any atom is 0.261 e. The number of amides is 2. The predicted octanol–water partition coefficient (Wildman–Crippen LogP) is 2.41. The summed E-state index contributed by atoms with van der Waals surface area (Å²) in [6, 6.07) is 14.6. The predicted molar refractivity (Wildman–Crippen MR) is 97.3 cm³/mol. The van der Waals surface area contributed by atoms with E-state index in [2.05, 4.69) is 5.32 Å². The fourth-order valence-corrected chi connectivity index (χ4v) is 2.54. The van der Waals surface area contributed by atoms with Gasteiger partial charge < -0.3 is 15.0 Å². The van der Waals surface area contributed by atoms with E-state index in [1.54, 1.807) is 6.92 Å². The van der Waals surface area contributed by atoms with Crippen LogP contribution in [0, 0.1) is 5.82 Å². The SMILES string of the molecule is CNC(=O)C(C)N(CCc1ccccc1)C(=O)COc1ccc(F)cc1. The average Bonchev–Trinajstić information content (AvgIpc) is 2.67. The van der Waals surface area contributed by atoms with Crippen molar-refractivity contribution in [3.63, 3.8) is 0 Å². The van der Waals surface area contributed by atoms with E-state index in [0.717, 1.165) is 5.56 Å². The molecule has 1 N–H and O–H groups in total. The quantitative estimate of drug-likeness (QED) is 0.788. The fraction of sp³-hybridized carbons (Fsp3) is 0.300. The summed E-state index contributed by atoms with van der Waals surface area (Å²) >= 11 is 0. The molecule has 0 heterocycles. The standard InChI is InChI=1S/C20H23FN2O3/c1-15(20(25)22-2)23(13-12-16-6-4-3-5-7-16)19(24)14-26-18-10-8-17(21)9-11-18/h3-11,15H,12-14H2,1-2H3,(H,22,25). The Morgan fingerprint density at radius 1 is 1.12 bits per heavy atom. The summed E-state index contributed by atoms with van der Waals surface area (Å²) in [4.78, 5) is 26.1. The molecule has 0 aliphatic heterocycles. The summed E-state index contributed by atoms with van der Waals surface area (Å²) in [5.74, 6) is -0.522. The van der Waals surface area contributed by atoms with Crippen LogP contribution in [0.1, 0.15) is 12.5 Å². The molecule has 138 valence electrons. The topological polar surface area (TPSA) is 58.6 Å². The van der Waals surface area contributed by atoms with Crippen LogP contribution in [-0.4, -0.2) is 43.0 Å². The molecular weight excluding hydrogens is 335 g/mol. The first kappa shape index (κ1) is 19.4. The number of ether oxygens (including phenoxy) is 1. The minimum absolute atomic E-state index is 0.220. The van der Waals surface area contributed by atoms with E-state index in [-0.39, 0.29) is 24.2 Å². The summed E-state index contributed by atoms with van der Waals surface area (Å²) in [6.45, 7) is 1.85. The number of nitrogens with zero attached hydrogens (tertiary/aromatic N) is 1. The number of rotatable bonds is 8. The third-order valence-corrected chi connectivity index (χ3v) is 4.07. The molecule has 0 radical (unpaired) electrons. The van der Waals surface area contributed by atoms with Gasteiger partial charge in [0.2, 0.25) is 5.91 Å². The maximum atomic E-state index is 12.9. The first-order valence-corrected chi connectivity index (χ1v) is 8.44. The summed E-state index contributed by atoms with van der Waals surface area (Å²) in [5, 5.41) is 2.56. The zero-order valence-corrected chi connectivity index (χ0v) is 14.9. The van der Waals surface area contributed by atoms with E-state index >= 15 is 0 Å². The molecule has 26 heavy (non-hydrogen) atoms. The van der Waals surface area contributed by atoms with Gasteiger partial charge in [-0.25, -0.2) is 4.39 Å². The maximum absolute atomic E-state index is 12.9. The number of halogens is 1. The molecule has 0 saturated carbocycles. The lowest BCUT2D eigenvalue weighted by atomic mass is 10.1. The van der Waals surface area contributed by atoms with E-state index in [4.69, 9.17) is 4.74 Å². The van der Waals surface area contributed by atoms with E-state index < -0.39 is 6.04 Å². The monoisotopic (exact) mass is 358 g/mol. The van der Waals surface area contributed by atoms with Crippen molar-refractivity contribution in [2.24, 2.45) is 0 Å². The van der Waals surface area contributed by atoms with E-state index in [1.807, 2.05) is 30.3 Å². The Bertz CT molecular complexity index is 720. The molecule has 0 bridgehead atoms. The number of hydrogen-bond acceptors (Lipinski definition) is 3. The lowest BCUT2D eigenvalue weighted by molar-refractivity contribution is -0.141. The van der Waals surface area contributed by atoms with Crippen molar-refractivity contribution in [3.05, 3.63) is 66.0 Å². The van der Waals surface area contributed by atoms with Crippen molar-refractivity contribution in [3.8, 4) is 5.75 Å². The number of hydrogen-bond donors (Lipinski definition) is 1. The molecule has 6 heteroatoms. The molecule has 0 aliphatic rings. The number of carbonyl (C=O) groups is 2. The van der Waals surface area contributed by atoms with Gasteiger partial charge in [-0.2, -0.15) is 0 Å². The summed E-state index contributed by atoms with van der Waals surface area (Å²) in [6.07, 6.45) is 0.629. The van der Waals surface area contributed by atoms with Crippen LogP contribution >= 0.6 is 0 Å². The van der Waals surface area contributed by atoms with Gasteiger partial charge in [-0.3, -0.25) is 9.59 Å². The molecule has 2 aromatic carbocycles. The van der Waals surface area contributed by atoms with Crippen LogP contribution in [0.25, 0.3) is 0 Å². The van der Waals surface area contributed by atoms with Gasteiger partial charge in [-0.15, -0.1) is 0 Å². The smallest absolute Gasteiger partial charge is 0.261 e. The minimum atomic E-state index is -0.618. The third-order valence-electron chi connectivity index (χ3n) is 4.07. The molecule has 0 aliphatic carbocycles. The Labute approximate surface area is 152 Å². The van der Waals surface area contributed by atoms with Crippen molar-refractivity contribution >= 4 is 11.8 Å². The van der Waals surface area contributed by atoms with Crippen LogP contribution in [0.2, 0.25) is 0 Å². The zero-order valence-electron chi connectivity index (χ0n) is 14.9. The highest BCUT2D eigenvalue weighted by Gasteiger charge is 2.25. The zero-order chi connectivity index (χ0) is 18.9. The van der Waals surface area contributed by atoms with Gasteiger partial charge in [0.25, 0.3) is 5.91 Å². The van der Waals surface area contributed by atoms with Gasteiger partial charge in [-0.05, 0) is 43.2 Å². The fourth-order valence-electron chi connectivity index (χ4n) is 2.54. The lowest BCUT2D eigenvalue weighted by Crippen LogP contribution is -2.49. The van der Waals surface area contributed by atoms with Crippen LogP contribution < -0.4 is 10.1 Å². The molecule has 0 aromatic heterocycles. The molecule has 0 spiro atoms. The highest BCUT2D eigenvalue weighted by Crippen LogP contribution is 2.12. The molecule has 0 saturated heterocycles. The first-order chi connectivity index (χ1) is 12.5. The molecule has 0 fully saturated rings. The molecule has 5 nitrogen and oxygen atoms in total. The van der Waals surface area contributed by atoms with Crippen molar-refractivity contribution in [1.29, 1.82) is 0 Å². The molecule has 2 rings (SSSR count). The molecule has 2 aromatic rings. The van der Waals surface area contributed by atoms with Gasteiger partial charge in [0.1, 0.15) is 17.6 Å². The lowest BCUT2D eigenvalue weighted by Gasteiger charge is -2.28. The largest absolute Gasteiger partial charge is 0.484 e. The molecular formula is C20H23FN2O3. The van der Waals surface area contributed by atoms with Crippen LogP contribution in [-0.2, 0) is 16.0 Å². The van der Waals surface area contributed by atoms with Gasteiger partial charge in [0, 0.05) is 13.6 Å². The second-order valence-corrected chi connectivity index (χ2v) is 5.86. The Kier molecular flexibility index (Phi) is 7.14. The highest BCUT2D eigenvalue weighted by molar-refractivity contribution is 5.87. The Morgan fingerprint density at radius 3 is 2.38 bits per heavy atom. The van der Waals surface area contributed by atoms with Crippen molar-refractivity contribution in [2.75, 3.05) is 20.2 Å². The summed E-state index contributed by atoms with van der Waals surface area (Å²) in [7, 11) is 1.54. The average molecular weight is 358 g/mol. The Hall–Kier alpha value is -2.89. The Balaban J connectivity index is 2.02. The molecule has 2 amide bonds. The van der Waals surface area contributed by atoms with E-state index in [0.29, 0.717) is 18.7 Å². The van der Waals surface area contributed by atoms with Crippen molar-refractivity contribution < 1.29 is 18.7 Å². The summed E-state index contributed by atoms with van der Waals surface area (Å²) < 4.78 is 18.4. The highest BCUT2D eigenvalue weighted by atomic mass is 19.1. The van der Waals surface area contributed by atoms with Crippen LogP contribution in [0.15, 0.2) is 54.6 Å². The number of benzene rings is 2. The van der Waals surface area contributed by atoms with E-state index in [9.17, 15) is 14.0 Å². The van der Waals surface area contributed by atoms with Crippen LogP contribution in [0.4, 0.5) is 4.39 Å². The van der Waals surface area contributed by atoms with Gasteiger partial charge in [0.15, 0.2) is 6.61 Å². The van der Waals surface area contributed by atoms with Crippen molar-refractivity contribution in [2.45, 2.75) is 19.4 Å². The van der Waals surface area contributed by atoms with Crippen LogP contribution in [0.3, 0.4) is 0 Å². The minimum Gasteiger partial charge on any atom is -0.484 e. The summed E-state index contributed by atoms with van der Waals surface area (Å²) in [5.41, 5.74) is 1.08.